The number of allylic oxidation sites excluding steroid dienone is 3. The summed E-state index contributed by atoms with van der Waals surface area (Å²) in [5, 5.41) is 9.21. The maximum absolute atomic E-state index is 9.21. The Morgan fingerprint density at radius 3 is 2.12 bits per heavy atom. The molecule has 0 bridgehead atoms. The van der Waals surface area contributed by atoms with E-state index in [-0.39, 0.29) is 6.10 Å². The molecule has 0 heterocycles. The Hall–Kier alpha value is -0.600. The summed E-state index contributed by atoms with van der Waals surface area (Å²) in [4.78, 5) is 0. The highest BCUT2D eigenvalue weighted by atomic mass is 16.5. The molecule has 2 unspecified atom stereocenters. The van der Waals surface area contributed by atoms with Gasteiger partial charge in [0.2, 0.25) is 0 Å². The molecule has 154 valence electrons. The molecule has 2 atom stereocenters. The lowest BCUT2D eigenvalue weighted by atomic mass is 9.94. The van der Waals surface area contributed by atoms with Crippen molar-refractivity contribution in [2.75, 3.05) is 13.2 Å². The quantitative estimate of drug-likeness (QED) is 0.182. The Labute approximate surface area is 164 Å². The zero-order valence-corrected chi connectivity index (χ0v) is 17.8. The highest BCUT2D eigenvalue weighted by Gasteiger charge is 2.07. The largest absolute Gasteiger partial charge is 0.391 e. The smallest absolute Gasteiger partial charge is 0.0745 e. The Morgan fingerprint density at radius 2 is 1.50 bits per heavy atom. The third-order valence-electron chi connectivity index (χ3n) is 4.90. The highest BCUT2D eigenvalue weighted by Crippen LogP contribution is 2.19. The van der Waals surface area contributed by atoms with Gasteiger partial charge < -0.3 is 9.84 Å². The van der Waals surface area contributed by atoms with Crippen molar-refractivity contribution in [2.24, 2.45) is 5.92 Å². The van der Waals surface area contributed by atoms with Gasteiger partial charge >= 0.3 is 0 Å². The SMILES string of the molecule is C=CCC(CCCCC/C=C\CCCCCCCC)CCOCC(C)O. The minimum atomic E-state index is -0.359. The van der Waals surface area contributed by atoms with Crippen molar-refractivity contribution in [1.29, 1.82) is 0 Å². The van der Waals surface area contributed by atoms with Crippen LogP contribution in [0.1, 0.15) is 104 Å². The van der Waals surface area contributed by atoms with E-state index in [1.807, 2.05) is 6.08 Å². The monoisotopic (exact) mass is 366 g/mol. The molecule has 0 radical (unpaired) electrons. The summed E-state index contributed by atoms with van der Waals surface area (Å²) in [7, 11) is 0. The average molecular weight is 367 g/mol. The zero-order valence-electron chi connectivity index (χ0n) is 17.8. The lowest BCUT2D eigenvalue weighted by Crippen LogP contribution is -2.13. The second-order valence-corrected chi connectivity index (χ2v) is 7.77. The number of rotatable bonds is 20. The molecule has 2 heteroatoms. The topological polar surface area (TPSA) is 29.5 Å². The average Bonchev–Trinajstić information content (AvgIpc) is 2.62. The first-order valence-corrected chi connectivity index (χ1v) is 11.2. The first kappa shape index (κ1) is 25.4. The molecule has 2 nitrogen and oxygen atoms in total. The summed E-state index contributed by atoms with van der Waals surface area (Å²) in [6.07, 6.45) is 24.6. The van der Waals surface area contributed by atoms with Gasteiger partial charge in [0, 0.05) is 6.61 Å². The molecule has 0 aliphatic rings. The van der Waals surface area contributed by atoms with E-state index in [1.165, 1.54) is 77.0 Å². The Kier molecular flexibility index (Phi) is 20.2. The Balaban J connectivity index is 3.48. The maximum atomic E-state index is 9.21. The molecule has 0 saturated heterocycles. The van der Waals surface area contributed by atoms with Crippen LogP contribution >= 0.6 is 0 Å². The van der Waals surface area contributed by atoms with Gasteiger partial charge in [0.1, 0.15) is 0 Å². The highest BCUT2D eigenvalue weighted by molar-refractivity contribution is 4.81. The fraction of sp³-hybridized carbons (Fsp3) is 0.833. The van der Waals surface area contributed by atoms with Gasteiger partial charge in [-0.15, -0.1) is 6.58 Å². The molecule has 0 saturated carbocycles. The van der Waals surface area contributed by atoms with Crippen LogP contribution < -0.4 is 0 Å². The third-order valence-corrected chi connectivity index (χ3v) is 4.90. The predicted octanol–water partition coefficient (Wildman–Crippen LogP) is 7.22. The molecule has 0 aliphatic heterocycles. The second-order valence-electron chi connectivity index (χ2n) is 7.77. The summed E-state index contributed by atoms with van der Waals surface area (Å²) in [6, 6.07) is 0. The van der Waals surface area contributed by atoms with E-state index in [0.29, 0.717) is 12.5 Å². The zero-order chi connectivity index (χ0) is 19.3. The van der Waals surface area contributed by atoms with Crippen LogP contribution in [0.5, 0.6) is 0 Å². The minimum absolute atomic E-state index is 0.359. The van der Waals surface area contributed by atoms with Crippen LogP contribution in [0.25, 0.3) is 0 Å². The number of hydrogen-bond donors (Lipinski definition) is 1. The summed E-state index contributed by atoms with van der Waals surface area (Å²) in [6.45, 7) is 9.13. The molecule has 0 amide bonds. The standard InChI is InChI=1S/C24H46O2/c1-4-6-7-8-9-10-11-12-13-14-15-16-17-19-24(18-5-2)20-21-26-22-23(3)25/h5,12-13,23-25H,2,4,6-11,14-22H2,1,3H3/b13-12-. The summed E-state index contributed by atoms with van der Waals surface area (Å²) < 4.78 is 5.50. The van der Waals surface area contributed by atoms with Gasteiger partial charge in [-0.25, -0.2) is 0 Å². The van der Waals surface area contributed by atoms with Gasteiger partial charge in [-0.05, 0) is 51.4 Å². The van der Waals surface area contributed by atoms with Gasteiger partial charge in [0.25, 0.3) is 0 Å². The number of aliphatic hydroxyl groups is 1. The number of ether oxygens (including phenoxy) is 1. The fourth-order valence-electron chi connectivity index (χ4n) is 3.27. The lowest BCUT2D eigenvalue weighted by Gasteiger charge is -2.15. The van der Waals surface area contributed by atoms with Crippen LogP contribution in [0.4, 0.5) is 0 Å². The van der Waals surface area contributed by atoms with Crippen LogP contribution in [-0.4, -0.2) is 24.4 Å². The summed E-state index contributed by atoms with van der Waals surface area (Å²) in [5.41, 5.74) is 0. The number of aliphatic hydroxyl groups excluding tert-OH is 1. The van der Waals surface area contributed by atoms with Gasteiger partial charge in [0.05, 0.1) is 12.7 Å². The second kappa shape index (κ2) is 20.7. The van der Waals surface area contributed by atoms with Crippen molar-refractivity contribution in [3.05, 3.63) is 24.8 Å². The van der Waals surface area contributed by atoms with Crippen molar-refractivity contribution in [3.8, 4) is 0 Å². The molecular formula is C24H46O2. The minimum Gasteiger partial charge on any atom is -0.391 e. The maximum Gasteiger partial charge on any atom is 0.0745 e. The molecule has 0 aromatic heterocycles. The molecule has 26 heavy (non-hydrogen) atoms. The number of unbranched alkanes of at least 4 members (excludes halogenated alkanes) is 9. The van der Waals surface area contributed by atoms with Crippen molar-refractivity contribution >= 4 is 0 Å². The van der Waals surface area contributed by atoms with Crippen molar-refractivity contribution in [1.82, 2.24) is 0 Å². The van der Waals surface area contributed by atoms with Crippen LogP contribution in [0.15, 0.2) is 24.8 Å². The fourth-order valence-corrected chi connectivity index (χ4v) is 3.27. The van der Waals surface area contributed by atoms with Crippen LogP contribution in [0.2, 0.25) is 0 Å². The molecule has 0 rings (SSSR count). The van der Waals surface area contributed by atoms with Gasteiger partial charge in [-0.3, -0.25) is 0 Å². The Morgan fingerprint density at radius 1 is 0.885 bits per heavy atom. The van der Waals surface area contributed by atoms with E-state index >= 15 is 0 Å². The third kappa shape index (κ3) is 19.7. The van der Waals surface area contributed by atoms with E-state index < -0.39 is 0 Å². The molecule has 0 aromatic rings. The molecule has 0 spiro atoms. The van der Waals surface area contributed by atoms with Crippen LogP contribution in [0.3, 0.4) is 0 Å². The van der Waals surface area contributed by atoms with Crippen molar-refractivity contribution in [2.45, 2.75) is 110 Å². The number of hydrogen-bond acceptors (Lipinski definition) is 2. The van der Waals surface area contributed by atoms with E-state index in [2.05, 4.69) is 25.7 Å². The molecular weight excluding hydrogens is 320 g/mol. The van der Waals surface area contributed by atoms with E-state index in [1.54, 1.807) is 6.92 Å². The van der Waals surface area contributed by atoms with Gasteiger partial charge in [0.15, 0.2) is 0 Å². The normalized spacial score (nSPS) is 14.0. The summed E-state index contributed by atoms with van der Waals surface area (Å²) in [5.74, 6) is 0.685. The van der Waals surface area contributed by atoms with Crippen LogP contribution in [-0.2, 0) is 4.74 Å². The first-order valence-electron chi connectivity index (χ1n) is 11.2. The van der Waals surface area contributed by atoms with Gasteiger partial charge in [-0.2, -0.15) is 0 Å². The molecule has 0 aliphatic carbocycles. The predicted molar refractivity (Wildman–Crippen MR) is 116 cm³/mol. The van der Waals surface area contributed by atoms with E-state index in [4.69, 9.17) is 4.74 Å². The lowest BCUT2D eigenvalue weighted by molar-refractivity contribution is 0.0399. The van der Waals surface area contributed by atoms with Crippen molar-refractivity contribution in [3.63, 3.8) is 0 Å². The molecule has 1 N–H and O–H groups in total. The molecule has 0 aromatic carbocycles. The Bertz CT molecular complexity index is 309. The van der Waals surface area contributed by atoms with Gasteiger partial charge in [-0.1, -0.05) is 76.5 Å². The van der Waals surface area contributed by atoms with Crippen LogP contribution in [0, 0.1) is 5.92 Å². The van der Waals surface area contributed by atoms with E-state index in [9.17, 15) is 5.11 Å². The molecule has 0 fully saturated rings. The summed E-state index contributed by atoms with van der Waals surface area (Å²) >= 11 is 0. The van der Waals surface area contributed by atoms with Crippen molar-refractivity contribution < 1.29 is 9.84 Å². The van der Waals surface area contributed by atoms with E-state index in [0.717, 1.165) is 19.4 Å². The first-order chi connectivity index (χ1) is 12.7.